The van der Waals surface area contributed by atoms with Gasteiger partial charge in [-0.15, -0.1) is 11.6 Å². The quantitative estimate of drug-likeness (QED) is 0.823. The lowest BCUT2D eigenvalue weighted by atomic mass is 10.1. The molecular formula is C12H16ClNO2. The summed E-state index contributed by atoms with van der Waals surface area (Å²) in [4.78, 5) is 11.4. The number of nitrogens with one attached hydrogen (secondary N) is 1. The Kier molecular flexibility index (Phi) is 4.62. The predicted octanol–water partition coefficient (Wildman–Crippen LogP) is 2.50. The average Bonchev–Trinajstić information content (AvgIpc) is 2.28. The van der Waals surface area contributed by atoms with Crippen LogP contribution >= 0.6 is 11.6 Å². The van der Waals surface area contributed by atoms with E-state index in [1.165, 1.54) is 0 Å². The second kappa shape index (κ2) is 5.75. The van der Waals surface area contributed by atoms with Gasteiger partial charge in [-0.2, -0.15) is 0 Å². The number of methoxy groups -OCH3 is 1. The molecule has 16 heavy (non-hydrogen) atoms. The van der Waals surface area contributed by atoms with E-state index in [1.54, 1.807) is 14.0 Å². The lowest BCUT2D eigenvalue weighted by Gasteiger charge is -2.17. The molecule has 0 heterocycles. The Morgan fingerprint density at radius 1 is 1.38 bits per heavy atom. The van der Waals surface area contributed by atoms with E-state index in [9.17, 15) is 4.79 Å². The van der Waals surface area contributed by atoms with E-state index < -0.39 is 5.38 Å². The number of alkyl halides is 1. The molecule has 2 atom stereocenters. The number of amides is 1. The molecule has 4 heteroatoms. The van der Waals surface area contributed by atoms with Crippen LogP contribution in [0.15, 0.2) is 24.3 Å². The molecule has 1 rings (SSSR count). The molecule has 0 bridgehead atoms. The number of ether oxygens (including phenoxy) is 1. The molecule has 0 unspecified atom stereocenters. The third-order valence-electron chi connectivity index (χ3n) is 2.33. The summed E-state index contributed by atoms with van der Waals surface area (Å²) >= 11 is 5.69. The van der Waals surface area contributed by atoms with Gasteiger partial charge in [0, 0.05) is 5.56 Å². The van der Waals surface area contributed by atoms with E-state index in [0.29, 0.717) is 0 Å². The molecule has 3 nitrogen and oxygen atoms in total. The van der Waals surface area contributed by atoms with Gasteiger partial charge in [-0.1, -0.05) is 18.2 Å². The van der Waals surface area contributed by atoms with E-state index in [2.05, 4.69) is 5.32 Å². The normalized spacial score (nSPS) is 14.0. The van der Waals surface area contributed by atoms with Gasteiger partial charge in [-0.05, 0) is 19.9 Å². The number of carbonyl (C=O) groups excluding carboxylic acids is 1. The fourth-order valence-corrected chi connectivity index (χ4v) is 1.49. The Morgan fingerprint density at radius 3 is 2.56 bits per heavy atom. The van der Waals surface area contributed by atoms with Crippen molar-refractivity contribution < 1.29 is 9.53 Å². The van der Waals surface area contributed by atoms with Crippen molar-refractivity contribution in [2.45, 2.75) is 25.3 Å². The molecule has 0 saturated heterocycles. The molecule has 0 aliphatic carbocycles. The zero-order chi connectivity index (χ0) is 12.1. The Balaban J connectivity index is 2.80. The summed E-state index contributed by atoms with van der Waals surface area (Å²) in [6.07, 6.45) is 0. The molecule has 0 saturated carbocycles. The molecule has 1 amide bonds. The molecular weight excluding hydrogens is 226 g/mol. The first kappa shape index (κ1) is 12.8. The molecule has 1 aromatic rings. The highest BCUT2D eigenvalue weighted by Gasteiger charge is 2.16. The van der Waals surface area contributed by atoms with Crippen LogP contribution in [0, 0.1) is 0 Å². The van der Waals surface area contributed by atoms with E-state index in [0.717, 1.165) is 11.3 Å². The van der Waals surface area contributed by atoms with Gasteiger partial charge in [0.2, 0.25) is 5.91 Å². The van der Waals surface area contributed by atoms with E-state index >= 15 is 0 Å². The van der Waals surface area contributed by atoms with Crippen LogP contribution in [0.3, 0.4) is 0 Å². The molecule has 0 radical (unpaired) electrons. The highest BCUT2D eigenvalue weighted by molar-refractivity contribution is 6.30. The second-order valence-corrected chi connectivity index (χ2v) is 4.24. The van der Waals surface area contributed by atoms with Crippen LogP contribution in [0.4, 0.5) is 0 Å². The van der Waals surface area contributed by atoms with Crippen molar-refractivity contribution in [1.29, 1.82) is 0 Å². The van der Waals surface area contributed by atoms with Crippen molar-refractivity contribution in [3.05, 3.63) is 29.8 Å². The van der Waals surface area contributed by atoms with Crippen molar-refractivity contribution in [3.63, 3.8) is 0 Å². The van der Waals surface area contributed by atoms with Crippen LogP contribution in [0.25, 0.3) is 0 Å². The van der Waals surface area contributed by atoms with Crippen molar-refractivity contribution in [2.24, 2.45) is 0 Å². The first-order chi connectivity index (χ1) is 7.56. The van der Waals surface area contributed by atoms with Crippen LogP contribution in [0.2, 0.25) is 0 Å². The van der Waals surface area contributed by atoms with Crippen molar-refractivity contribution >= 4 is 17.5 Å². The SMILES string of the molecule is COc1ccccc1[C@H](C)NC(=O)[C@@H](C)Cl. The third-order valence-corrected chi connectivity index (χ3v) is 2.52. The van der Waals surface area contributed by atoms with Crippen molar-refractivity contribution in [1.82, 2.24) is 5.32 Å². The zero-order valence-electron chi connectivity index (χ0n) is 9.66. The summed E-state index contributed by atoms with van der Waals surface area (Å²) in [6, 6.07) is 7.46. The summed E-state index contributed by atoms with van der Waals surface area (Å²) in [5.74, 6) is 0.581. The van der Waals surface area contributed by atoms with E-state index in [1.807, 2.05) is 31.2 Å². The Hall–Kier alpha value is -1.22. The molecule has 0 fully saturated rings. The predicted molar refractivity (Wildman–Crippen MR) is 64.9 cm³/mol. The fourth-order valence-electron chi connectivity index (χ4n) is 1.43. The number of rotatable bonds is 4. The first-order valence-corrected chi connectivity index (χ1v) is 5.57. The highest BCUT2D eigenvalue weighted by Crippen LogP contribution is 2.24. The number of hydrogen-bond donors (Lipinski definition) is 1. The topological polar surface area (TPSA) is 38.3 Å². The molecule has 88 valence electrons. The largest absolute Gasteiger partial charge is 0.496 e. The van der Waals surface area contributed by atoms with Gasteiger partial charge >= 0.3 is 0 Å². The zero-order valence-corrected chi connectivity index (χ0v) is 10.4. The smallest absolute Gasteiger partial charge is 0.238 e. The number of benzene rings is 1. The maximum Gasteiger partial charge on any atom is 0.238 e. The summed E-state index contributed by atoms with van der Waals surface area (Å²) in [7, 11) is 1.61. The van der Waals surface area contributed by atoms with Gasteiger partial charge in [0.1, 0.15) is 11.1 Å². The maximum absolute atomic E-state index is 11.4. The number of halogens is 1. The van der Waals surface area contributed by atoms with E-state index in [4.69, 9.17) is 16.3 Å². The minimum atomic E-state index is -0.530. The van der Waals surface area contributed by atoms with Gasteiger partial charge < -0.3 is 10.1 Å². The summed E-state index contributed by atoms with van der Waals surface area (Å²) in [5.41, 5.74) is 0.940. The number of carbonyl (C=O) groups is 1. The minimum absolute atomic E-state index is 0.121. The van der Waals surface area contributed by atoms with Gasteiger partial charge in [-0.25, -0.2) is 0 Å². The monoisotopic (exact) mass is 241 g/mol. The Bertz CT molecular complexity index is 366. The maximum atomic E-state index is 11.4. The third kappa shape index (κ3) is 3.14. The van der Waals surface area contributed by atoms with Crippen LogP contribution < -0.4 is 10.1 Å². The second-order valence-electron chi connectivity index (χ2n) is 3.59. The first-order valence-electron chi connectivity index (χ1n) is 5.13. The van der Waals surface area contributed by atoms with Crippen LogP contribution in [0.5, 0.6) is 5.75 Å². The van der Waals surface area contributed by atoms with Crippen LogP contribution in [-0.4, -0.2) is 18.4 Å². The summed E-state index contributed by atoms with van der Waals surface area (Å²) in [5, 5.41) is 2.29. The number of hydrogen-bond acceptors (Lipinski definition) is 2. The average molecular weight is 242 g/mol. The van der Waals surface area contributed by atoms with Crippen LogP contribution in [-0.2, 0) is 4.79 Å². The number of para-hydroxylation sites is 1. The van der Waals surface area contributed by atoms with Gasteiger partial charge in [-0.3, -0.25) is 4.79 Å². The summed E-state index contributed by atoms with van der Waals surface area (Å²) in [6.45, 7) is 3.54. The van der Waals surface area contributed by atoms with Crippen molar-refractivity contribution in [3.8, 4) is 5.75 Å². The lowest BCUT2D eigenvalue weighted by Crippen LogP contribution is -2.32. The fraction of sp³-hybridized carbons (Fsp3) is 0.417. The Labute approximate surface area is 101 Å². The standard InChI is InChI=1S/C12H16ClNO2/c1-8(13)12(15)14-9(2)10-6-4-5-7-11(10)16-3/h4-9H,1-3H3,(H,14,15)/t8-,9+/m1/s1. The molecule has 0 aliphatic rings. The van der Waals surface area contributed by atoms with Crippen molar-refractivity contribution in [2.75, 3.05) is 7.11 Å². The molecule has 0 aliphatic heterocycles. The molecule has 1 aromatic carbocycles. The highest BCUT2D eigenvalue weighted by atomic mass is 35.5. The summed E-state index contributed by atoms with van der Waals surface area (Å²) < 4.78 is 5.22. The lowest BCUT2D eigenvalue weighted by molar-refractivity contribution is -0.121. The van der Waals surface area contributed by atoms with Gasteiger partial charge in [0.25, 0.3) is 0 Å². The van der Waals surface area contributed by atoms with Crippen LogP contribution in [0.1, 0.15) is 25.5 Å². The van der Waals surface area contributed by atoms with Gasteiger partial charge in [0.05, 0.1) is 13.2 Å². The van der Waals surface area contributed by atoms with Gasteiger partial charge in [0.15, 0.2) is 0 Å². The molecule has 0 aromatic heterocycles. The molecule has 0 spiro atoms. The van der Waals surface area contributed by atoms with E-state index in [-0.39, 0.29) is 11.9 Å². The Morgan fingerprint density at radius 2 is 2.00 bits per heavy atom. The minimum Gasteiger partial charge on any atom is -0.496 e. The molecule has 1 N–H and O–H groups in total.